The molecule has 1 amide bonds. The standard InChI is InChI=1S/C16H23F3N2O2/c1-12(6-7-21-15(22)11-20-8-9-23-2)13-4-3-5-14(10-13)16(17,18)19/h3-5,10,12,20H,6-9,11H2,1-2H3,(H,21,22). The summed E-state index contributed by atoms with van der Waals surface area (Å²) in [6, 6.07) is 5.31. The summed E-state index contributed by atoms with van der Waals surface area (Å²) < 4.78 is 42.9. The number of halogens is 3. The monoisotopic (exact) mass is 332 g/mol. The molecule has 1 aromatic rings. The lowest BCUT2D eigenvalue weighted by Gasteiger charge is -2.15. The number of nitrogens with one attached hydrogen (secondary N) is 2. The minimum atomic E-state index is -4.34. The summed E-state index contributed by atoms with van der Waals surface area (Å²) >= 11 is 0. The Bertz CT molecular complexity index is 492. The highest BCUT2D eigenvalue weighted by atomic mass is 19.4. The molecule has 1 unspecified atom stereocenters. The third-order valence-electron chi connectivity index (χ3n) is 3.45. The van der Waals surface area contributed by atoms with Crippen molar-refractivity contribution in [2.24, 2.45) is 0 Å². The number of rotatable bonds is 9. The topological polar surface area (TPSA) is 50.4 Å². The summed E-state index contributed by atoms with van der Waals surface area (Å²) in [7, 11) is 1.58. The lowest BCUT2D eigenvalue weighted by atomic mass is 9.96. The van der Waals surface area contributed by atoms with Crippen molar-refractivity contribution < 1.29 is 22.7 Å². The molecule has 0 aliphatic rings. The highest BCUT2D eigenvalue weighted by molar-refractivity contribution is 5.77. The van der Waals surface area contributed by atoms with Crippen LogP contribution in [0.1, 0.15) is 30.4 Å². The number of ether oxygens (including phenoxy) is 1. The minimum Gasteiger partial charge on any atom is -0.383 e. The fraction of sp³-hybridized carbons (Fsp3) is 0.562. The third kappa shape index (κ3) is 7.47. The van der Waals surface area contributed by atoms with Gasteiger partial charge in [0.15, 0.2) is 0 Å². The number of methoxy groups -OCH3 is 1. The summed E-state index contributed by atoms with van der Waals surface area (Å²) in [5, 5.41) is 5.66. The molecule has 0 aliphatic carbocycles. The van der Waals surface area contributed by atoms with Crippen LogP contribution in [0.2, 0.25) is 0 Å². The largest absolute Gasteiger partial charge is 0.416 e. The fourth-order valence-electron chi connectivity index (χ4n) is 2.05. The molecule has 0 aliphatic heterocycles. The lowest BCUT2D eigenvalue weighted by Crippen LogP contribution is -2.35. The maximum absolute atomic E-state index is 12.7. The van der Waals surface area contributed by atoms with Crippen LogP contribution in [0, 0.1) is 0 Å². The van der Waals surface area contributed by atoms with Gasteiger partial charge in [-0.15, -0.1) is 0 Å². The van der Waals surface area contributed by atoms with Gasteiger partial charge < -0.3 is 15.4 Å². The fourth-order valence-corrected chi connectivity index (χ4v) is 2.05. The molecule has 1 rings (SSSR count). The smallest absolute Gasteiger partial charge is 0.383 e. The molecule has 0 saturated heterocycles. The molecular weight excluding hydrogens is 309 g/mol. The van der Waals surface area contributed by atoms with Crippen molar-refractivity contribution in [1.29, 1.82) is 0 Å². The van der Waals surface area contributed by atoms with E-state index in [9.17, 15) is 18.0 Å². The molecule has 4 nitrogen and oxygen atoms in total. The van der Waals surface area contributed by atoms with Gasteiger partial charge in [0, 0.05) is 20.2 Å². The van der Waals surface area contributed by atoms with Crippen molar-refractivity contribution in [3.05, 3.63) is 35.4 Å². The van der Waals surface area contributed by atoms with Gasteiger partial charge in [-0.25, -0.2) is 0 Å². The second-order valence-electron chi connectivity index (χ2n) is 5.33. The molecule has 2 N–H and O–H groups in total. The Labute approximate surface area is 134 Å². The number of carbonyl (C=O) groups excluding carboxylic acids is 1. The van der Waals surface area contributed by atoms with Gasteiger partial charge in [0.2, 0.25) is 5.91 Å². The first-order chi connectivity index (χ1) is 10.8. The number of hydrogen-bond donors (Lipinski definition) is 2. The molecule has 1 atom stereocenters. The van der Waals surface area contributed by atoms with Gasteiger partial charge >= 0.3 is 6.18 Å². The van der Waals surface area contributed by atoms with Crippen LogP contribution in [0.4, 0.5) is 13.2 Å². The van der Waals surface area contributed by atoms with Gasteiger partial charge in [0.05, 0.1) is 18.7 Å². The van der Waals surface area contributed by atoms with Crippen molar-refractivity contribution in [3.8, 4) is 0 Å². The molecule has 0 fully saturated rings. The molecule has 7 heteroatoms. The maximum Gasteiger partial charge on any atom is 0.416 e. The molecule has 0 aromatic heterocycles. The van der Waals surface area contributed by atoms with E-state index in [0.717, 1.165) is 6.07 Å². The van der Waals surface area contributed by atoms with E-state index >= 15 is 0 Å². The summed E-state index contributed by atoms with van der Waals surface area (Å²) in [6.07, 6.45) is -3.76. The van der Waals surface area contributed by atoms with E-state index in [2.05, 4.69) is 10.6 Å². The van der Waals surface area contributed by atoms with Crippen molar-refractivity contribution in [2.75, 3.05) is 33.4 Å². The van der Waals surface area contributed by atoms with Crippen LogP contribution in [0.3, 0.4) is 0 Å². The van der Waals surface area contributed by atoms with Crippen molar-refractivity contribution in [2.45, 2.75) is 25.4 Å². The van der Waals surface area contributed by atoms with Crippen molar-refractivity contribution >= 4 is 5.91 Å². The highest BCUT2D eigenvalue weighted by Gasteiger charge is 2.30. The summed E-state index contributed by atoms with van der Waals surface area (Å²) in [5.74, 6) is -0.212. The Kier molecular flexibility index (Phi) is 8.05. The first kappa shape index (κ1) is 19.4. The number of carbonyl (C=O) groups is 1. The molecule has 0 radical (unpaired) electrons. The summed E-state index contributed by atoms with van der Waals surface area (Å²) in [5.41, 5.74) is -0.0273. The van der Waals surface area contributed by atoms with Gasteiger partial charge in [-0.1, -0.05) is 25.1 Å². The third-order valence-corrected chi connectivity index (χ3v) is 3.45. The number of amides is 1. The van der Waals surface area contributed by atoms with E-state index in [1.165, 1.54) is 12.1 Å². The van der Waals surface area contributed by atoms with Gasteiger partial charge in [0.25, 0.3) is 0 Å². The molecule has 0 saturated carbocycles. The van der Waals surface area contributed by atoms with E-state index < -0.39 is 11.7 Å². The Morgan fingerprint density at radius 1 is 1.30 bits per heavy atom. The SMILES string of the molecule is COCCNCC(=O)NCCC(C)c1cccc(C(F)(F)F)c1. The molecular formula is C16H23F3N2O2. The van der Waals surface area contributed by atoms with E-state index in [4.69, 9.17) is 4.74 Å². The zero-order chi connectivity index (χ0) is 17.3. The lowest BCUT2D eigenvalue weighted by molar-refractivity contribution is -0.137. The zero-order valence-corrected chi connectivity index (χ0v) is 13.4. The van der Waals surface area contributed by atoms with Crippen LogP contribution >= 0.6 is 0 Å². The van der Waals surface area contributed by atoms with Gasteiger partial charge in [-0.05, 0) is 24.0 Å². The maximum atomic E-state index is 12.7. The second-order valence-corrected chi connectivity index (χ2v) is 5.33. The molecule has 0 heterocycles. The number of benzene rings is 1. The Hall–Kier alpha value is -1.60. The molecule has 0 bridgehead atoms. The van der Waals surface area contributed by atoms with Crippen LogP contribution in [0.25, 0.3) is 0 Å². The molecule has 23 heavy (non-hydrogen) atoms. The molecule has 130 valence electrons. The van der Waals surface area contributed by atoms with Crippen molar-refractivity contribution in [1.82, 2.24) is 10.6 Å². The average molecular weight is 332 g/mol. The van der Waals surface area contributed by atoms with E-state index in [-0.39, 0.29) is 18.4 Å². The predicted molar refractivity (Wildman–Crippen MR) is 82.2 cm³/mol. The van der Waals surface area contributed by atoms with Gasteiger partial charge in [0.1, 0.15) is 0 Å². The normalized spacial score (nSPS) is 12.9. The molecule has 1 aromatic carbocycles. The van der Waals surface area contributed by atoms with Crippen LogP contribution in [-0.4, -0.2) is 39.3 Å². The zero-order valence-electron chi connectivity index (χ0n) is 13.4. The average Bonchev–Trinajstić information content (AvgIpc) is 2.51. The first-order valence-electron chi connectivity index (χ1n) is 7.48. The predicted octanol–water partition coefficient (Wildman–Crippen LogP) is 2.55. The van der Waals surface area contributed by atoms with E-state index in [1.807, 2.05) is 6.92 Å². The highest BCUT2D eigenvalue weighted by Crippen LogP contribution is 2.31. The van der Waals surface area contributed by atoms with Gasteiger partial charge in [-0.3, -0.25) is 4.79 Å². The second kappa shape index (κ2) is 9.52. The minimum absolute atomic E-state index is 0.0703. The summed E-state index contributed by atoms with van der Waals surface area (Å²) in [6.45, 7) is 3.58. The Morgan fingerprint density at radius 3 is 2.70 bits per heavy atom. The van der Waals surface area contributed by atoms with Crippen LogP contribution in [0.15, 0.2) is 24.3 Å². The molecule has 0 spiro atoms. The van der Waals surface area contributed by atoms with Crippen molar-refractivity contribution in [3.63, 3.8) is 0 Å². The van der Waals surface area contributed by atoms with E-state index in [1.54, 1.807) is 13.2 Å². The van der Waals surface area contributed by atoms with Crippen LogP contribution in [-0.2, 0) is 15.7 Å². The summed E-state index contributed by atoms with van der Waals surface area (Å²) in [4.78, 5) is 11.5. The number of alkyl halides is 3. The Morgan fingerprint density at radius 2 is 2.04 bits per heavy atom. The number of hydrogen-bond acceptors (Lipinski definition) is 3. The van der Waals surface area contributed by atoms with E-state index in [0.29, 0.717) is 31.7 Å². The first-order valence-corrected chi connectivity index (χ1v) is 7.48. The van der Waals surface area contributed by atoms with Crippen LogP contribution in [0.5, 0.6) is 0 Å². The quantitative estimate of drug-likeness (QED) is 0.683. The van der Waals surface area contributed by atoms with Crippen LogP contribution < -0.4 is 10.6 Å². The Balaban J connectivity index is 2.36. The van der Waals surface area contributed by atoms with Gasteiger partial charge in [-0.2, -0.15) is 13.2 Å².